The molecule has 0 aliphatic carbocycles. The highest BCUT2D eigenvalue weighted by Crippen LogP contribution is 2.47. The number of sulfonamides is 1. The lowest BCUT2D eigenvalue weighted by atomic mass is 9.99. The first-order chi connectivity index (χ1) is 17.3. The molecule has 5 rings (SSSR count). The van der Waals surface area contributed by atoms with E-state index in [1.54, 1.807) is 53.7 Å². The highest BCUT2D eigenvalue weighted by Gasteiger charge is 2.65. The minimum atomic E-state index is -5.08. The fourth-order valence-corrected chi connectivity index (χ4v) is 7.19. The Morgan fingerprint density at radius 2 is 1.89 bits per heavy atom. The lowest BCUT2D eigenvalue weighted by Crippen LogP contribution is -2.57. The number of aromatic nitrogens is 1. The number of amides is 2. The van der Waals surface area contributed by atoms with Gasteiger partial charge < -0.3 is 20.1 Å². The summed E-state index contributed by atoms with van der Waals surface area (Å²) in [6, 6.07) is 10.2. The Balaban J connectivity index is 0.000000405. The number of likely N-dealkylation sites (tertiary alicyclic amines) is 1. The predicted molar refractivity (Wildman–Crippen MR) is 125 cm³/mol. The Morgan fingerprint density at radius 1 is 1.22 bits per heavy atom. The molecule has 2 aromatic rings. The van der Waals surface area contributed by atoms with Crippen LogP contribution in [0.4, 0.5) is 23.7 Å². The number of morpholine rings is 1. The second-order valence-electron chi connectivity index (χ2n) is 8.82. The smallest absolute Gasteiger partial charge is 0.475 e. The summed E-state index contributed by atoms with van der Waals surface area (Å²) in [6.45, 7) is 1.10. The van der Waals surface area contributed by atoms with E-state index in [0.29, 0.717) is 23.7 Å². The zero-order valence-corrected chi connectivity index (χ0v) is 20.6. The first kappa shape index (κ1) is 27.1. The topological polar surface area (TPSA) is 129 Å². The summed E-state index contributed by atoms with van der Waals surface area (Å²) in [5, 5.41) is 9.86. The molecule has 10 nitrogen and oxygen atoms in total. The van der Waals surface area contributed by atoms with Crippen molar-refractivity contribution in [2.24, 2.45) is 0 Å². The van der Waals surface area contributed by atoms with Crippen molar-refractivity contribution in [1.82, 2.24) is 14.2 Å². The SMILES string of the molecule is O=C(Nc1cccc(Cl)c1)N1C[C@H]2C[C@H]3[C@](C1)(CN(Cc1ccncc1)S3(=O)=O)O2.O=C(O)C(F)(F)F. The van der Waals surface area contributed by atoms with Crippen LogP contribution in [0.15, 0.2) is 48.8 Å². The second kappa shape index (κ2) is 10.1. The van der Waals surface area contributed by atoms with Gasteiger partial charge >= 0.3 is 18.2 Å². The third-order valence-electron chi connectivity index (χ3n) is 6.22. The van der Waals surface area contributed by atoms with E-state index in [1.807, 2.05) is 0 Å². The first-order valence-electron chi connectivity index (χ1n) is 11.0. The van der Waals surface area contributed by atoms with Gasteiger partial charge in [0.1, 0.15) is 10.9 Å². The number of halogens is 4. The van der Waals surface area contributed by atoms with Crippen LogP contribution in [0, 0.1) is 0 Å². The predicted octanol–water partition coefficient (Wildman–Crippen LogP) is 2.96. The molecule has 3 aliphatic rings. The molecule has 37 heavy (non-hydrogen) atoms. The zero-order valence-electron chi connectivity index (χ0n) is 19.1. The quantitative estimate of drug-likeness (QED) is 0.588. The molecule has 3 aliphatic heterocycles. The first-order valence-corrected chi connectivity index (χ1v) is 12.9. The van der Waals surface area contributed by atoms with Crippen LogP contribution in [0.5, 0.6) is 0 Å². The molecule has 1 spiro atoms. The third kappa shape index (κ3) is 5.81. The number of benzene rings is 1. The van der Waals surface area contributed by atoms with Crippen LogP contribution < -0.4 is 5.32 Å². The molecule has 2 amide bonds. The normalized spacial score (nSPS) is 26.1. The summed E-state index contributed by atoms with van der Waals surface area (Å²) in [4.78, 5) is 27.4. The van der Waals surface area contributed by atoms with E-state index in [2.05, 4.69) is 10.3 Å². The molecule has 1 aromatic heterocycles. The van der Waals surface area contributed by atoms with Gasteiger partial charge in [0.05, 0.1) is 12.6 Å². The van der Waals surface area contributed by atoms with Crippen molar-refractivity contribution in [3.63, 3.8) is 0 Å². The molecular weight excluding hydrogens is 541 g/mol. The Hall–Kier alpha value is -2.94. The van der Waals surface area contributed by atoms with Crippen LogP contribution in [0.3, 0.4) is 0 Å². The minimum Gasteiger partial charge on any atom is -0.475 e. The van der Waals surface area contributed by atoms with E-state index in [1.165, 1.54) is 4.31 Å². The van der Waals surface area contributed by atoms with E-state index in [9.17, 15) is 26.4 Å². The number of anilines is 1. The van der Waals surface area contributed by atoms with Gasteiger partial charge in [-0.3, -0.25) is 4.98 Å². The third-order valence-corrected chi connectivity index (χ3v) is 8.78. The molecule has 2 bridgehead atoms. The number of nitrogens with zero attached hydrogens (tertiary/aromatic N) is 3. The Labute approximate surface area is 215 Å². The number of pyridine rings is 1. The molecule has 0 saturated carbocycles. The lowest BCUT2D eigenvalue weighted by molar-refractivity contribution is -0.192. The molecular formula is C22H22ClF3N4O6S. The molecule has 3 saturated heterocycles. The number of hydrogen-bond acceptors (Lipinski definition) is 6. The average Bonchev–Trinajstić information content (AvgIpc) is 3.18. The van der Waals surface area contributed by atoms with Gasteiger partial charge in [0.25, 0.3) is 0 Å². The van der Waals surface area contributed by atoms with Gasteiger partial charge in [-0.25, -0.2) is 18.0 Å². The number of carboxylic acids is 1. The van der Waals surface area contributed by atoms with Crippen LogP contribution in [0.25, 0.3) is 0 Å². The zero-order chi connectivity index (χ0) is 27.0. The molecule has 1 aromatic carbocycles. The molecule has 0 unspecified atom stereocenters. The van der Waals surface area contributed by atoms with Crippen molar-refractivity contribution >= 4 is 39.3 Å². The highest BCUT2D eigenvalue weighted by molar-refractivity contribution is 7.90. The van der Waals surface area contributed by atoms with E-state index < -0.39 is 33.0 Å². The summed E-state index contributed by atoms with van der Waals surface area (Å²) in [7, 11) is -3.53. The van der Waals surface area contributed by atoms with Gasteiger partial charge in [-0.15, -0.1) is 0 Å². The number of alkyl halides is 3. The number of urea groups is 1. The fraction of sp³-hybridized carbons (Fsp3) is 0.409. The number of ether oxygens (including phenoxy) is 1. The van der Waals surface area contributed by atoms with Gasteiger partial charge in [-0.05, 0) is 42.3 Å². The van der Waals surface area contributed by atoms with E-state index in [0.717, 1.165) is 5.56 Å². The standard InChI is InChI=1S/C20H21ClN4O4S.C2HF3O2/c21-15-2-1-3-16(8-15)23-19(26)24-11-17-9-18-20(12-24,29-17)13-25(30(18,27)28)10-14-4-6-22-7-5-14;3-2(4,5)1(6)7/h1-8,17-18H,9-13H2,(H,23,26);(H,6,7)/t17-,18+,20+;/m1./s1. The number of rotatable bonds is 3. The maximum Gasteiger partial charge on any atom is 0.490 e. The molecule has 3 atom stereocenters. The highest BCUT2D eigenvalue weighted by atomic mass is 35.5. The van der Waals surface area contributed by atoms with E-state index >= 15 is 0 Å². The molecule has 0 radical (unpaired) electrons. The van der Waals surface area contributed by atoms with Crippen molar-refractivity contribution in [2.75, 3.05) is 25.0 Å². The monoisotopic (exact) mass is 562 g/mol. The van der Waals surface area contributed by atoms with Crippen molar-refractivity contribution in [3.8, 4) is 0 Å². The van der Waals surface area contributed by atoms with Gasteiger partial charge in [0, 0.05) is 42.7 Å². The summed E-state index contributed by atoms with van der Waals surface area (Å²) >= 11 is 6.00. The lowest BCUT2D eigenvalue weighted by Gasteiger charge is -2.39. The molecule has 3 fully saturated rings. The largest absolute Gasteiger partial charge is 0.490 e. The fourth-order valence-electron chi connectivity index (χ4n) is 4.71. The van der Waals surface area contributed by atoms with Crippen LogP contribution in [0.1, 0.15) is 12.0 Å². The number of nitrogens with one attached hydrogen (secondary N) is 1. The van der Waals surface area contributed by atoms with Crippen molar-refractivity contribution in [2.45, 2.75) is 36.1 Å². The van der Waals surface area contributed by atoms with Crippen LogP contribution in [0.2, 0.25) is 5.02 Å². The number of fused-ring (bicyclic) bond motifs is 1. The van der Waals surface area contributed by atoms with E-state index in [4.69, 9.17) is 26.2 Å². The molecule has 4 heterocycles. The number of carbonyl (C=O) groups is 2. The van der Waals surface area contributed by atoms with Crippen molar-refractivity contribution in [1.29, 1.82) is 0 Å². The van der Waals surface area contributed by atoms with Gasteiger partial charge in [-0.1, -0.05) is 17.7 Å². The second-order valence-corrected chi connectivity index (χ2v) is 11.4. The summed E-state index contributed by atoms with van der Waals surface area (Å²) in [5.41, 5.74) is 0.562. The maximum atomic E-state index is 13.2. The minimum absolute atomic E-state index is 0.229. The summed E-state index contributed by atoms with van der Waals surface area (Å²) < 4.78 is 65.8. The number of aliphatic carboxylic acids is 1. The maximum absolute atomic E-state index is 13.2. The Kier molecular flexibility index (Phi) is 7.38. The number of carboxylic acid groups (broad SMARTS) is 1. The van der Waals surface area contributed by atoms with Crippen LogP contribution in [-0.4, -0.2) is 82.5 Å². The molecule has 200 valence electrons. The van der Waals surface area contributed by atoms with Crippen molar-refractivity contribution < 1.29 is 41.0 Å². The van der Waals surface area contributed by atoms with Gasteiger partial charge in [0.15, 0.2) is 0 Å². The Morgan fingerprint density at radius 3 is 2.51 bits per heavy atom. The number of carbonyl (C=O) groups excluding carboxylic acids is 1. The van der Waals surface area contributed by atoms with Crippen LogP contribution >= 0.6 is 11.6 Å². The average molecular weight is 563 g/mol. The van der Waals surface area contributed by atoms with Crippen molar-refractivity contribution in [3.05, 3.63) is 59.4 Å². The van der Waals surface area contributed by atoms with Gasteiger partial charge in [0.2, 0.25) is 10.0 Å². The Bertz CT molecular complexity index is 1280. The molecule has 15 heteroatoms. The van der Waals surface area contributed by atoms with E-state index in [-0.39, 0.29) is 31.8 Å². The molecule has 2 N–H and O–H groups in total. The summed E-state index contributed by atoms with van der Waals surface area (Å²) in [6.07, 6.45) is -1.68. The summed E-state index contributed by atoms with van der Waals surface area (Å²) in [5.74, 6) is -2.76. The number of hydrogen-bond donors (Lipinski definition) is 2. The van der Waals surface area contributed by atoms with Gasteiger partial charge in [-0.2, -0.15) is 17.5 Å². The van der Waals surface area contributed by atoms with Crippen LogP contribution in [-0.2, 0) is 26.1 Å².